The third kappa shape index (κ3) is 3.88. The first kappa shape index (κ1) is 21.7. The number of hydrogen-bond donors (Lipinski definition) is 2. The zero-order chi connectivity index (χ0) is 21.8. The monoisotopic (exact) mass is 480 g/mol. The van der Waals surface area contributed by atoms with Crippen LogP contribution in [0.1, 0.15) is 12.8 Å². The molecule has 30 heavy (non-hydrogen) atoms. The summed E-state index contributed by atoms with van der Waals surface area (Å²) in [6.07, 6.45) is 1.97. The minimum Gasteiger partial charge on any atom is -0.379 e. The Balaban J connectivity index is 1.57. The summed E-state index contributed by atoms with van der Waals surface area (Å²) >= 11 is 7.30. The van der Waals surface area contributed by atoms with Gasteiger partial charge < -0.3 is 10.2 Å². The van der Waals surface area contributed by atoms with Gasteiger partial charge in [0.15, 0.2) is 5.13 Å². The summed E-state index contributed by atoms with van der Waals surface area (Å²) in [5, 5.41) is 4.73. The lowest BCUT2D eigenvalue weighted by Crippen LogP contribution is -2.46. The lowest BCUT2D eigenvalue weighted by Gasteiger charge is -2.36. The van der Waals surface area contributed by atoms with Crippen molar-refractivity contribution in [1.29, 1.82) is 0 Å². The second-order valence-corrected chi connectivity index (χ2v) is 10.8. The molecule has 1 aromatic carbocycles. The molecular formula is C18H20ClF3N4O2S2. The summed E-state index contributed by atoms with van der Waals surface area (Å²) in [5.41, 5.74) is 0.168. The van der Waals surface area contributed by atoms with Crippen molar-refractivity contribution >= 4 is 43.8 Å². The predicted octanol–water partition coefficient (Wildman–Crippen LogP) is 4.12. The van der Waals surface area contributed by atoms with Gasteiger partial charge in [0, 0.05) is 35.5 Å². The summed E-state index contributed by atoms with van der Waals surface area (Å²) < 4.78 is 69.7. The van der Waals surface area contributed by atoms with Crippen LogP contribution in [0.5, 0.6) is 0 Å². The zero-order valence-corrected chi connectivity index (χ0v) is 18.5. The van der Waals surface area contributed by atoms with Crippen LogP contribution in [0, 0.1) is 17.7 Å². The van der Waals surface area contributed by atoms with Crippen molar-refractivity contribution in [3.63, 3.8) is 0 Å². The van der Waals surface area contributed by atoms with Gasteiger partial charge in [0.05, 0.1) is 10.7 Å². The second-order valence-electron chi connectivity index (χ2n) is 7.85. The molecule has 0 amide bonds. The van der Waals surface area contributed by atoms with Crippen molar-refractivity contribution in [2.45, 2.75) is 35.7 Å². The molecule has 1 heterocycles. The minimum atomic E-state index is -4.22. The maximum Gasteiger partial charge on any atom is 0.266 e. The summed E-state index contributed by atoms with van der Waals surface area (Å²) in [5.74, 6) is -4.99. The normalized spacial score (nSPS) is 27.6. The zero-order valence-electron chi connectivity index (χ0n) is 16.1. The van der Waals surface area contributed by atoms with Gasteiger partial charge in [-0.3, -0.25) is 4.72 Å². The summed E-state index contributed by atoms with van der Waals surface area (Å²) in [7, 11) is -0.609. The topological polar surface area (TPSA) is 74.3 Å². The Kier molecular flexibility index (Phi) is 5.44. The SMILES string of the molecule is CN(C)[C@H]1CC2C(C[C@@H]1Nc1cc(F)c(S(=O)(=O)Nc3nccs3)cc1Cl)C2(F)F. The Bertz CT molecular complexity index is 1050. The van der Waals surface area contributed by atoms with Crippen LogP contribution >= 0.6 is 22.9 Å². The van der Waals surface area contributed by atoms with E-state index >= 15 is 0 Å². The van der Waals surface area contributed by atoms with Gasteiger partial charge in [0.25, 0.3) is 15.9 Å². The predicted molar refractivity (Wildman–Crippen MR) is 110 cm³/mol. The van der Waals surface area contributed by atoms with Gasteiger partial charge in [-0.2, -0.15) is 0 Å². The van der Waals surface area contributed by atoms with E-state index in [9.17, 15) is 21.6 Å². The van der Waals surface area contributed by atoms with Gasteiger partial charge in [0.2, 0.25) is 0 Å². The molecule has 2 unspecified atom stereocenters. The molecule has 4 rings (SSSR count). The Labute approximate surface area is 181 Å². The summed E-state index contributed by atoms with van der Waals surface area (Å²) in [6, 6.07) is 1.44. The number of benzene rings is 1. The highest BCUT2D eigenvalue weighted by Crippen LogP contribution is 2.62. The highest BCUT2D eigenvalue weighted by molar-refractivity contribution is 7.93. The van der Waals surface area contributed by atoms with Crippen LogP contribution in [0.25, 0.3) is 0 Å². The van der Waals surface area contributed by atoms with Crippen LogP contribution in [0.3, 0.4) is 0 Å². The molecule has 2 aliphatic rings. The van der Waals surface area contributed by atoms with E-state index in [0.717, 1.165) is 23.5 Å². The molecule has 0 spiro atoms. The molecule has 0 radical (unpaired) electrons. The molecule has 0 aliphatic heterocycles. The number of likely N-dealkylation sites (N-methyl/N-ethyl adjacent to an activating group) is 1. The molecular weight excluding hydrogens is 461 g/mol. The van der Waals surface area contributed by atoms with Crippen LogP contribution in [0.4, 0.5) is 24.0 Å². The van der Waals surface area contributed by atoms with Crippen LogP contribution < -0.4 is 10.0 Å². The third-order valence-electron chi connectivity index (χ3n) is 5.80. The van der Waals surface area contributed by atoms with Crippen LogP contribution in [0.15, 0.2) is 28.6 Å². The van der Waals surface area contributed by atoms with Gasteiger partial charge in [-0.05, 0) is 39.1 Å². The fraction of sp³-hybridized carbons (Fsp3) is 0.500. The number of rotatable bonds is 6. The Morgan fingerprint density at radius 1 is 1.27 bits per heavy atom. The number of nitrogens with one attached hydrogen (secondary N) is 2. The number of sulfonamides is 1. The first-order chi connectivity index (χ1) is 14.0. The van der Waals surface area contributed by atoms with E-state index in [1.807, 2.05) is 19.0 Å². The molecule has 2 saturated carbocycles. The lowest BCUT2D eigenvalue weighted by atomic mass is 9.89. The number of hydrogen-bond acceptors (Lipinski definition) is 6. The molecule has 1 aromatic heterocycles. The Morgan fingerprint density at radius 3 is 2.60 bits per heavy atom. The molecule has 6 nitrogen and oxygen atoms in total. The van der Waals surface area contributed by atoms with Crippen LogP contribution in [0.2, 0.25) is 5.02 Å². The number of thiazole rings is 1. The van der Waals surface area contributed by atoms with Crippen molar-refractivity contribution in [2.24, 2.45) is 11.8 Å². The average Bonchev–Trinajstić information content (AvgIpc) is 2.97. The molecule has 0 bridgehead atoms. The van der Waals surface area contributed by atoms with Crippen molar-refractivity contribution in [3.05, 3.63) is 34.5 Å². The number of halogens is 4. The van der Waals surface area contributed by atoms with Crippen molar-refractivity contribution < 1.29 is 21.6 Å². The van der Waals surface area contributed by atoms with Gasteiger partial charge >= 0.3 is 0 Å². The summed E-state index contributed by atoms with van der Waals surface area (Å²) in [4.78, 5) is 5.06. The largest absolute Gasteiger partial charge is 0.379 e. The number of nitrogens with zero attached hydrogens (tertiary/aromatic N) is 2. The van der Waals surface area contributed by atoms with Crippen LogP contribution in [-0.2, 0) is 10.0 Å². The highest BCUT2D eigenvalue weighted by atomic mass is 35.5. The van der Waals surface area contributed by atoms with E-state index < -0.39 is 38.5 Å². The van der Waals surface area contributed by atoms with E-state index in [1.165, 1.54) is 6.20 Å². The lowest BCUT2D eigenvalue weighted by molar-refractivity contribution is 0.0837. The minimum absolute atomic E-state index is 0.0156. The van der Waals surface area contributed by atoms with Crippen molar-refractivity contribution in [1.82, 2.24) is 9.88 Å². The van der Waals surface area contributed by atoms with E-state index in [2.05, 4.69) is 15.0 Å². The van der Waals surface area contributed by atoms with Gasteiger partial charge in [-0.1, -0.05) is 11.6 Å². The Morgan fingerprint density at radius 2 is 1.97 bits per heavy atom. The molecule has 4 atom stereocenters. The number of anilines is 2. The van der Waals surface area contributed by atoms with Crippen molar-refractivity contribution in [2.75, 3.05) is 24.1 Å². The second kappa shape index (κ2) is 7.54. The van der Waals surface area contributed by atoms with Crippen molar-refractivity contribution in [3.8, 4) is 0 Å². The molecule has 2 N–H and O–H groups in total. The molecule has 12 heteroatoms. The molecule has 164 valence electrons. The molecule has 2 aromatic rings. The van der Waals surface area contributed by atoms with Crippen LogP contribution in [-0.4, -0.2) is 50.4 Å². The first-order valence-electron chi connectivity index (χ1n) is 9.23. The van der Waals surface area contributed by atoms with Gasteiger partial charge in [-0.25, -0.2) is 26.6 Å². The molecule has 2 aliphatic carbocycles. The third-order valence-corrected chi connectivity index (χ3v) is 8.29. The number of fused-ring (bicyclic) bond motifs is 1. The van der Waals surface area contributed by atoms with E-state index in [0.29, 0.717) is 6.42 Å². The average molecular weight is 481 g/mol. The Hall–Kier alpha value is -1.56. The van der Waals surface area contributed by atoms with E-state index in [4.69, 9.17) is 11.6 Å². The van der Waals surface area contributed by atoms with Gasteiger partial charge in [0.1, 0.15) is 10.7 Å². The number of alkyl halides is 2. The standard InChI is InChI=1S/C18H20ClF3N4O2S2/c1-26(2)15-6-10-9(18(10,21)22)5-14(15)24-13-8-12(20)16(7-11(13)19)30(27,28)25-17-23-3-4-29-17/h3-4,7-10,14-15,24H,5-6H2,1-2H3,(H,23,25)/t9?,10?,14-,15-/m0/s1. The van der Waals surface area contributed by atoms with E-state index in [-0.39, 0.29) is 34.3 Å². The van der Waals surface area contributed by atoms with E-state index in [1.54, 1.807) is 5.38 Å². The number of aromatic nitrogens is 1. The highest BCUT2D eigenvalue weighted by Gasteiger charge is 2.70. The maximum absolute atomic E-state index is 14.7. The molecule has 2 fully saturated rings. The fourth-order valence-corrected chi connectivity index (χ4v) is 6.33. The smallest absolute Gasteiger partial charge is 0.266 e. The van der Waals surface area contributed by atoms with Gasteiger partial charge in [-0.15, -0.1) is 11.3 Å². The summed E-state index contributed by atoms with van der Waals surface area (Å²) in [6.45, 7) is 0. The quantitative estimate of drug-likeness (QED) is 0.650. The fourth-order valence-electron chi connectivity index (χ4n) is 4.17. The first-order valence-corrected chi connectivity index (χ1v) is 12.0. The maximum atomic E-state index is 14.7. The molecule has 0 saturated heterocycles.